The minimum absolute atomic E-state index is 0.0694. The van der Waals surface area contributed by atoms with Gasteiger partial charge in [0.2, 0.25) is 11.8 Å². The van der Waals surface area contributed by atoms with Gasteiger partial charge in [0.1, 0.15) is 5.92 Å². The van der Waals surface area contributed by atoms with E-state index in [-0.39, 0.29) is 28.0 Å². The number of nitrogens with one attached hydrogen (secondary N) is 2. The average Bonchev–Trinajstić information content (AvgIpc) is 2.80. The second-order valence-corrected chi connectivity index (χ2v) is 9.25. The summed E-state index contributed by atoms with van der Waals surface area (Å²) in [5.41, 5.74) is 0.989. The number of allylic oxidation sites excluding steroid dienone is 1. The number of carbonyl (C=O) groups is 3. The number of nitriles is 1. The fourth-order valence-corrected chi connectivity index (χ4v) is 4.80. The van der Waals surface area contributed by atoms with Crippen molar-refractivity contribution in [2.24, 2.45) is 5.92 Å². The molecule has 2 aromatic rings. The van der Waals surface area contributed by atoms with Crippen LogP contribution < -0.4 is 10.6 Å². The summed E-state index contributed by atoms with van der Waals surface area (Å²) in [7, 11) is 0. The number of hydrogen-bond donors (Lipinski definition) is 2. The summed E-state index contributed by atoms with van der Waals surface area (Å²) in [6, 6.07) is 13.4. The Labute approximate surface area is 215 Å². The molecule has 0 aromatic heterocycles. The lowest BCUT2D eigenvalue weighted by molar-refractivity contribution is -0.152. The van der Waals surface area contributed by atoms with Crippen LogP contribution in [-0.4, -0.2) is 30.1 Å². The van der Waals surface area contributed by atoms with Crippen LogP contribution in [-0.2, 0) is 19.1 Å². The van der Waals surface area contributed by atoms with Crippen LogP contribution in [0.4, 0.5) is 5.69 Å². The van der Waals surface area contributed by atoms with Gasteiger partial charge in [-0.2, -0.15) is 5.26 Å². The van der Waals surface area contributed by atoms with E-state index in [1.165, 1.54) is 6.07 Å². The standard InChI is InChI=1S/C23H18Cl3N3O4S/c1-2-33-23(32)20-19(13-5-3-4-6-15(13)24)14(10-27)22(29-21(20)31)34-11-18(30)28-12-7-8-16(25)17(26)9-12/h3-9,19-20H,2,11H2,1H3,(H,28,30)(H,29,31)/t19-,20+/m1/s1. The molecule has 34 heavy (non-hydrogen) atoms. The number of halogens is 3. The van der Waals surface area contributed by atoms with Crippen LogP contribution in [0.1, 0.15) is 18.4 Å². The first kappa shape index (κ1) is 25.9. The highest BCUT2D eigenvalue weighted by Crippen LogP contribution is 2.42. The van der Waals surface area contributed by atoms with Gasteiger partial charge in [0.05, 0.1) is 39.1 Å². The number of hydrogen-bond acceptors (Lipinski definition) is 6. The quantitative estimate of drug-likeness (QED) is 0.373. The summed E-state index contributed by atoms with van der Waals surface area (Å²) in [6.07, 6.45) is 0. The fourth-order valence-electron chi connectivity index (χ4n) is 3.40. The van der Waals surface area contributed by atoms with Crippen molar-refractivity contribution in [2.45, 2.75) is 12.8 Å². The third-order valence-electron chi connectivity index (χ3n) is 4.86. The molecule has 1 aliphatic rings. The molecule has 2 amide bonds. The van der Waals surface area contributed by atoms with Gasteiger partial charge in [0.15, 0.2) is 0 Å². The Hall–Kier alpha value is -2.70. The lowest BCUT2D eigenvalue weighted by Gasteiger charge is -2.31. The van der Waals surface area contributed by atoms with Gasteiger partial charge in [-0.1, -0.05) is 64.8 Å². The van der Waals surface area contributed by atoms with E-state index in [2.05, 4.69) is 16.7 Å². The molecule has 0 radical (unpaired) electrons. The maximum atomic E-state index is 12.9. The van der Waals surface area contributed by atoms with Gasteiger partial charge in [-0.25, -0.2) is 0 Å². The Morgan fingerprint density at radius 2 is 1.88 bits per heavy atom. The minimum Gasteiger partial charge on any atom is -0.465 e. The smallest absolute Gasteiger partial charge is 0.319 e. The second kappa shape index (κ2) is 11.6. The van der Waals surface area contributed by atoms with Crippen LogP contribution in [0.2, 0.25) is 15.1 Å². The van der Waals surface area contributed by atoms with E-state index in [4.69, 9.17) is 39.5 Å². The van der Waals surface area contributed by atoms with Gasteiger partial charge < -0.3 is 15.4 Å². The molecule has 1 aliphatic heterocycles. The van der Waals surface area contributed by atoms with Gasteiger partial charge in [-0.15, -0.1) is 0 Å². The third kappa shape index (κ3) is 5.86. The summed E-state index contributed by atoms with van der Waals surface area (Å²) in [4.78, 5) is 38.1. The summed E-state index contributed by atoms with van der Waals surface area (Å²) >= 11 is 19.2. The normalized spacial score (nSPS) is 17.6. The maximum Gasteiger partial charge on any atom is 0.319 e. The van der Waals surface area contributed by atoms with Crippen molar-refractivity contribution in [2.75, 3.05) is 17.7 Å². The molecule has 7 nitrogen and oxygen atoms in total. The molecule has 0 unspecified atom stereocenters. The topological polar surface area (TPSA) is 108 Å². The molecule has 11 heteroatoms. The van der Waals surface area contributed by atoms with Crippen molar-refractivity contribution in [3.63, 3.8) is 0 Å². The Bertz CT molecular complexity index is 1210. The zero-order chi connectivity index (χ0) is 24.8. The lowest BCUT2D eigenvalue weighted by atomic mass is 9.78. The third-order valence-corrected chi connectivity index (χ3v) is 6.96. The van der Waals surface area contributed by atoms with Crippen molar-refractivity contribution >= 4 is 70.0 Å². The van der Waals surface area contributed by atoms with Crippen molar-refractivity contribution < 1.29 is 19.1 Å². The first-order valence-corrected chi connectivity index (χ1v) is 12.1. The van der Waals surface area contributed by atoms with E-state index in [0.717, 1.165) is 11.8 Å². The fraction of sp³-hybridized carbons (Fsp3) is 0.217. The van der Waals surface area contributed by atoms with E-state index < -0.39 is 29.6 Å². The van der Waals surface area contributed by atoms with E-state index in [0.29, 0.717) is 21.3 Å². The van der Waals surface area contributed by atoms with E-state index in [1.54, 1.807) is 43.3 Å². The van der Waals surface area contributed by atoms with E-state index >= 15 is 0 Å². The molecule has 0 fully saturated rings. The lowest BCUT2D eigenvalue weighted by Crippen LogP contribution is -2.44. The van der Waals surface area contributed by atoms with Gasteiger partial charge in [0, 0.05) is 16.6 Å². The number of nitrogens with zero attached hydrogens (tertiary/aromatic N) is 1. The molecule has 0 bridgehead atoms. The highest BCUT2D eigenvalue weighted by Gasteiger charge is 2.45. The number of carbonyl (C=O) groups excluding carboxylic acids is 3. The van der Waals surface area contributed by atoms with Gasteiger partial charge in [-0.3, -0.25) is 14.4 Å². The zero-order valence-corrected chi connectivity index (χ0v) is 20.8. The van der Waals surface area contributed by atoms with Crippen molar-refractivity contribution in [3.8, 4) is 6.07 Å². The maximum absolute atomic E-state index is 12.9. The van der Waals surface area contributed by atoms with Crippen LogP contribution in [0, 0.1) is 17.2 Å². The van der Waals surface area contributed by atoms with Crippen molar-refractivity contribution in [3.05, 3.63) is 73.7 Å². The van der Waals surface area contributed by atoms with Crippen molar-refractivity contribution in [1.82, 2.24) is 5.32 Å². The second-order valence-electron chi connectivity index (χ2n) is 7.04. The molecule has 0 aliphatic carbocycles. The first-order valence-electron chi connectivity index (χ1n) is 10.0. The molecule has 176 valence electrons. The highest BCUT2D eigenvalue weighted by atomic mass is 35.5. The molecule has 3 rings (SSSR count). The van der Waals surface area contributed by atoms with Gasteiger partial charge in [0.25, 0.3) is 0 Å². The van der Waals surface area contributed by atoms with E-state index in [9.17, 15) is 19.6 Å². The van der Waals surface area contributed by atoms with Crippen LogP contribution in [0.5, 0.6) is 0 Å². The Morgan fingerprint density at radius 3 is 2.53 bits per heavy atom. The molecule has 2 aromatic carbocycles. The number of esters is 1. The van der Waals surface area contributed by atoms with Gasteiger partial charge >= 0.3 is 5.97 Å². The van der Waals surface area contributed by atoms with Crippen LogP contribution in [0.25, 0.3) is 0 Å². The monoisotopic (exact) mass is 537 g/mol. The van der Waals surface area contributed by atoms with Gasteiger partial charge in [-0.05, 0) is 36.8 Å². The number of amides is 2. The van der Waals surface area contributed by atoms with Crippen LogP contribution in [0.3, 0.4) is 0 Å². The number of benzene rings is 2. The predicted molar refractivity (Wildman–Crippen MR) is 133 cm³/mol. The molecule has 0 saturated heterocycles. The molecule has 0 spiro atoms. The Kier molecular flexibility index (Phi) is 8.86. The Morgan fingerprint density at radius 1 is 1.15 bits per heavy atom. The zero-order valence-electron chi connectivity index (χ0n) is 17.7. The molecule has 1 heterocycles. The molecule has 2 N–H and O–H groups in total. The summed E-state index contributed by atoms with van der Waals surface area (Å²) in [6.45, 7) is 1.69. The molecular formula is C23H18Cl3N3O4S. The molecule has 2 atom stereocenters. The molecule has 0 saturated carbocycles. The average molecular weight is 539 g/mol. The minimum atomic E-state index is -1.30. The summed E-state index contributed by atoms with van der Waals surface area (Å²) in [5, 5.41) is 16.3. The molecular weight excluding hydrogens is 521 g/mol. The number of anilines is 1. The first-order chi connectivity index (χ1) is 16.3. The van der Waals surface area contributed by atoms with Crippen molar-refractivity contribution in [1.29, 1.82) is 5.26 Å². The number of thioether (sulfide) groups is 1. The SMILES string of the molecule is CCOC(=O)[C@@H]1C(=O)NC(SCC(=O)Nc2ccc(Cl)c(Cl)c2)=C(C#N)[C@H]1c1ccccc1Cl. The van der Waals surface area contributed by atoms with E-state index in [1.807, 2.05) is 0 Å². The highest BCUT2D eigenvalue weighted by molar-refractivity contribution is 8.03. The summed E-state index contributed by atoms with van der Waals surface area (Å²) < 4.78 is 5.09. The van der Waals surface area contributed by atoms with Crippen LogP contribution >= 0.6 is 46.6 Å². The number of ether oxygens (including phenoxy) is 1. The number of rotatable bonds is 7. The Balaban J connectivity index is 1.90. The predicted octanol–water partition coefficient (Wildman–Crippen LogP) is 5.15. The largest absolute Gasteiger partial charge is 0.465 e. The van der Waals surface area contributed by atoms with Crippen LogP contribution in [0.15, 0.2) is 53.1 Å². The summed E-state index contributed by atoms with van der Waals surface area (Å²) in [5.74, 6) is -4.20.